The second kappa shape index (κ2) is 10.5. The van der Waals surface area contributed by atoms with E-state index in [0.717, 1.165) is 10.0 Å². The molecule has 0 bridgehead atoms. The van der Waals surface area contributed by atoms with Crippen LogP contribution in [0.2, 0.25) is 0 Å². The van der Waals surface area contributed by atoms with Crippen molar-refractivity contribution in [3.8, 4) is 11.5 Å². The number of esters is 1. The van der Waals surface area contributed by atoms with Gasteiger partial charge in [-0.15, -0.1) is 0 Å². The molecule has 3 aromatic rings. The molecule has 0 aliphatic carbocycles. The number of carbonyl (C=O) groups is 2. The average molecular weight is 481 g/mol. The van der Waals surface area contributed by atoms with Crippen molar-refractivity contribution in [3.05, 3.63) is 93.5 Å². The largest absolute Gasteiger partial charge is 0.493 e. The number of halogens is 1. The van der Waals surface area contributed by atoms with Gasteiger partial charge in [0.15, 0.2) is 0 Å². The maximum atomic E-state index is 12.6. The first kappa shape index (κ1) is 22.2. The zero-order valence-corrected chi connectivity index (χ0v) is 18.7. The van der Waals surface area contributed by atoms with E-state index in [4.69, 9.17) is 9.47 Å². The molecule has 0 spiro atoms. The Kier molecular flexibility index (Phi) is 7.56. The smallest absolute Gasteiger partial charge is 0.343 e. The maximum absolute atomic E-state index is 12.6. The Morgan fingerprint density at radius 1 is 1.00 bits per heavy atom. The third kappa shape index (κ3) is 5.79. The van der Waals surface area contributed by atoms with Crippen molar-refractivity contribution < 1.29 is 19.1 Å². The summed E-state index contributed by atoms with van der Waals surface area (Å²) in [5, 5.41) is 4.03. The van der Waals surface area contributed by atoms with Crippen LogP contribution in [0.1, 0.15) is 38.8 Å². The lowest BCUT2D eigenvalue weighted by molar-refractivity contribution is 0.0733. The first-order valence-electron chi connectivity index (χ1n) is 9.62. The van der Waals surface area contributed by atoms with Crippen LogP contribution >= 0.6 is 15.9 Å². The molecule has 0 fully saturated rings. The van der Waals surface area contributed by atoms with Gasteiger partial charge in [-0.2, -0.15) is 5.10 Å². The van der Waals surface area contributed by atoms with E-state index < -0.39 is 11.9 Å². The van der Waals surface area contributed by atoms with Gasteiger partial charge in [0, 0.05) is 10.0 Å². The predicted molar refractivity (Wildman–Crippen MR) is 123 cm³/mol. The molecule has 0 aromatic heterocycles. The van der Waals surface area contributed by atoms with Gasteiger partial charge in [0.1, 0.15) is 11.5 Å². The van der Waals surface area contributed by atoms with Crippen LogP contribution in [0.25, 0.3) is 0 Å². The highest BCUT2D eigenvalue weighted by Crippen LogP contribution is 2.23. The number of para-hydroxylation sites is 1. The number of hydrogen-bond donors (Lipinski definition) is 1. The summed E-state index contributed by atoms with van der Waals surface area (Å²) in [7, 11) is 0. The molecule has 0 aliphatic rings. The molecule has 7 heteroatoms. The van der Waals surface area contributed by atoms with Crippen molar-refractivity contribution in [3.63, 3.8) is 0 Å². The quantitative estimate of drug-likeness (QED) is 0.220. The van der Waals surface area contributed by atoms with Crippen LogP contribution in [0.5, 0.6) is 11.5 Å². The minimum atomic E-state index is -0.468. The summed E-state index contributed by atoms with van der Waals surface area (Å²) in [5.74, 6) is -0.0734. The summed E-state index contributed by atoms with van der Waals surface area (Å²) < 4.78 is 11.8. The van der Waals surface area contributed by atoms with Gasteiger partial charge in [-0.1, -0.05) is 46.3 Å². The van der Waals surface area contributed by atoms with E-state index in [9.17, 15) is 9.59 Å². The highest BCUT2D eigenvalue weighted by atomic mass is 79.9. The van der Waals surface area contributed by atoms with E-state index >= 15 is 0 Å². The summed E-state index contributed by atoms with van der Waals surface area (Å²) >= 11 is 3.40. The Balaban J connectivity index is 1.77. The van der Waals surface area contributed by atoms with E-state index in [1.807, 2.05) is 26.0 Å². The van der Waals surface area contributed by atoms with Crippen molar-refractivity contribution in [1.82, 2.24) is 5.43 Å². The molecule has 0 heterocycles. The van der Waals surface area contributed by atoms with Crippen molar-refractivity contribution in [2.75, 3.05) is 6.61 Å². The standard InChI is InChI=1S/C24H21BrN2O4/c1-3-30-22-11-7-6-10-20(22)23(28)27-26-15-17-14-18(25)12-13-21(17)31-24(29)19-9-5-4-8-16(19)2/h4-15H,3H2,1-2H3,(H,27,28)/b26-15-. The zero-order chi connectivity index (χ0) is 22.2. The molecule has 0 saturated carbocycles. The van der Waals surface area contributed by atoms with Gasteiger partial charge in [-0.05, 0) is 55.8 Å². The monoisotopic (exact) mass is 480 g/mol. The van der Waals surface area contributed by atoms with Crippen molar-refractivity contribution in [2.45, 2.75) is 13.8 Å². The molecular formula is C24H21BrN2O4. The molecule has 0 saturated heterocycles. The Labute approximate surface area is 189 Å². The highest BCUT2D eigenvalue weighted by molar-refractivity contribution is 9.10. The molecule has 1 amide bonds. The topological polar surface area (TPSA) is 77.0 Å². The lowest BCUT2D eigenvalue weighted by Crippen LogP contribution is -2.19. The maximum Gasteiger partial charge on any atom is 0.343 e. The number of rotatable bonds is 7. The number of amides is 1. The minimum absolute atomic E-state index is 0.323. The Hall–Kier alpha value is -3.45. The SMILES string of the molecule is CCOc1ccccc1C(=O)N/N=C\c1cc(Br)ccc1OC(=O)c1ccccc1C. The Morgan fingerprint density at radius 3 is 2.45 bits per heavy atom. The van der Waals surface area contributed by atoms with Crippen molar-refractivity contribution in [2.24, 2.45) is 5.10 Å². The first-order valence-corrected chi connectivity index (χ1v) is 10.4. The molecule has 1 N–H and O–H groups in total. The highest BCUT2D eigenvalue weighted by Gasteiger charge is 2.14. The van der Waals surface area contributed by atoms with Crippen molar-refractivity contribution >= 4 is 34.0 Å². The van der Waals surface area contributed by atoms with E-state index in [1.165, 1.54) is 6.21 Å². The predicted octanol–water partition coefficient (Wildman–Crippen LogP) is 5.14. The van der Waals surface area contributed by atoms with Crippen LogP contribution < -0.4 is 14.9 Å². The third-order valence-corrected chi connectivity index (χ3v) is 4.83. The first-order chi connectivity index (χ1) is 15.0. The number of nitrogens with one attached hydrogen (secondary N) is 1. The normalized spacial score (nSPS) is 10.7. The van der Waals surface area contributed by atoms with Gasteiger partial charge >= 0.3 is 5.97 Å². The lowest BCUT2D eigenvalue weighted by atomic mass is 10.1. The fourth-order valence-electron chi connectivity index (χ4n) is 2.83. The van der Waals surface area contributed by atoms with Gasteiger partial charge in [-0.3, -0.25) is 4.79 Å². The van der Waals surface area contributed by atoms with E-state index in [-0.39, 0.29) is 0 Å². The summed E-state index contributed by atoms with van der Waals surface area (Å²) in [6, 6.07) is 19.3. The van der Waals surface area contributed by atoms with E-state index in [0.29, 0.717) is 34.8 Å². The number of ether oxygens (including phenoxy) is 2. The Bertz CT molecular complexity index is 1130. The summed E-state index contributed by atoms with van der Waals surface area (Å²) in [6.45, 7) is 4.14. The summed E-state index contributed by atoms with van der Waals surface area (Å²) in [5.41, 5.74) is 4.68. The molecule has 0 radical (unpaired) electrons. The number of benzene rings is 3. The van der Waals surface area contributed by atoms with Gasteiger partial charge in [0.25, 0.3) is 5.91 Å². The lowest BCUT2D eigenvalue weighted by Gasteiger charge is -2.10. The molecule has 0 unspecified atom stereocenters. The van der Waals surface area contributed by atoms with Crippen LogP contribution in [-0.2, 0) is 0 Å². The molecule has 6 nitrogen and oxygen atoms in total. The minimum Gasteiger partial charge on any atom is -0.493 e. The number of hydrogen-bond acceptors (Lipinski definition) is 5. The third-order valence-electron chi connectivity index (χ3n) is 4.34. The molecule has 3 aromatic carbocycles. The number of aryl methyl sites for hydroxylation is 1. The molecular weight excluding hydrogens is 460 g/mol. The van der Waals surface area contributed by atoms with E-state index in [1.54, 1.807) is 54.6 Å². The van der Waals surface area contributed by atoms with Gasteiger partial charge < -0.3 is 9.47 Å². The van der Waals surface area contributed by atoms with Gasteiger partial charge in [0.05, 0.1) is 23.9 Å². The second-order valence-electron chi connectivity index (χ2n) is 6.51. The number of nitrogens with zero attached hydrogens (tertiary/aromatic N) is 1. The van der Waals surface area contributed by atoms with Gasteiger partial charge in [-0.25, -0.2) is 10.2 Å². The molecule has 0 atom stereocenters. The number of hydrazone groups is 1. The zero-order valence-electron chi connectivity index (χ0n) is 17.1. The molecule has 3 rings (SSSR count). The van der Waals surface area contributed by atoms with Crippen LogP contribution in [0.4, 0.5) is 0 Å². The van der Waals surface area contributed by atoms with Crippen LogP contribution in [-0.4, -0.2) is 24.7 Å². The second-order valence-corrected chi connectivity index (χ2v) is 7.43. The van der Waals surface area contributed by atoms with E-state index in [2.05, 4.69) is 26.5 Å². The molecule has 158 valence electrons. The number of carbonyl (C=O) groups excluding carboxylic acids is 2. The summed E-state index contributed by atoms with van der Waals surface area (Å²) in [4.78, 5) is 25.1. The molecule has 31 heavy (non-hydrogen) atoms. The average Bonchev–Trinajstić information content (AvgIpc) is 2.76. The van der Waals surface area contributed by atoms with Crippen LogP contribution in [0.15, 0.2) is 76.3 Å². The summed E-state index contributed by atoms with van der Waals surface area (Å²) in [6.07, 6.45) is 1.42. The fraction of sp³-hybridized carbons (Fsp3) is 0.125. The van der Waals surface area contributed by atoms with Gasteiger partial charge in [0.2, 0.25) is 0 Å². The molecule has 0 aliphatic heterocycles. The van der Waals surface area contributed by atoms with Crippen molar-refractivity contribution in [1.29, 1.82) is 0 Å². The van der Waals surface area contributed by atoms with Crippen LogP contribution in [0.3, 0.4) is 0 Å². The van der Waals surface area contributed by atoms with Crippen LogP contribution in [0, 0.1) is 6.92 Å². The Morgan fingerprint density at radius 2 is 1.71 bits per heavy atom. The fourth-order valence-corrected chi connectivity index (χ4v) is 3.20.